The van der Waals surface area contributed by atoms with Gasteiger partial charge in [-0.2, -0.15) is 0 Å². The van der Waals surface area contributed by atoms with Crippen LogP contribution in [0.25, 0.3) is 0 Å². The molecule has 0 saturated carbocycles. The second kappa shape index (κ2) is 6.87. The second-order valence-electron chi connectivity index (χ2n) is 3.63. The fourth-order valence-electron chi connectivity index (χ4n) is 1.10. The van der Waals surface area contributed by atoms with Gasteiger partial charge in [0.2, 0.25) is 0 Å². The van der Waals surface area contributed by atoms with Crippen molar-refractivity contribution in [1.29, 1.82) is 0 Å². The summed E-state index contributed by atoms with van der Waals surface area (Å²) in [5, 5.41) is 18.1. The Labute approximate surface area is 80.6 Å². The monoisotopic (exact) mass is 184 g/mol. The van der Waals surface area contributed by atoms with Gasteiger partial charge in [-0.25, -0.2) is 0 Å². The maximum absolute atomic E-state index is 9.49. The first-order valence-electron chi connectivity index (χ1n) is 4.69. The molecule has 0 aliphatic rings. The van der Waals surface area contributed by atoms with Gasteiger partial charge in [-0.1, -0.05) is 31.2 Å². The Balaban J connectivity index is 3.72. The van der Waals surface area contributed by atoms with Crippen LogP contribution in [0.4, 0.5) is 0 Å². The van der Waals surface area contributed by atoms with Crippen LogP contribution >= 0.6 is 0 Å². The summed E-state index contributed by atoms with van der Waals surface area (Å²) >= 11 is 0. The van der Waals surface area contributed by atoms with Gasteiger partial charge < -0.3 is 10.2 Å². The predicted molar refractivity (Wildman–Crippen MR) is 55.4 cm³/mol. The molecule has 0 amide bonds. The molecule has 0 aromatic rings. The molecule has 0 bridgehead atoms. The Morgan fingerprint density at radius 1 is 1.54 bits per heavy atom. The number of rotatable bonds is 6. The lowest BCUT2D eigenvalue weighted by atomic mass is 10.00. The van der Waals surface area contributed by atoms with Crippen LogP contribution in [0.2, 0.25) is 0 Å². The van der Waals surface area contributed by atoms with Crippen LogP contribution in [-0.2, 0) is 0 Å². The summed E-state index contributed by atoms with van der Waals surface area (Å²) in [6.07, 6.45) is 4.59. The molecule has 0 aromatic heterocycles. The molecule has 0 heterocycles. The molecule has 0 aromatic carbocycles. The summed E-state index contributed by atoms with van der Waals surface area (Å²) in [5.74, 6) is 0.356. The van der Waals surface area contributed by atoms with E-state index < -0.39 is 6.10 Å². The van der Waals surface area contributed by atoms with Crippen molar-refractivity contribution in [3.05, 3.63) is 24.3 Å². The van der Waals surface area contributed by atoms with Crippen LogP contribution in [0, 0.1) is 5.92 Å². The SMILES string of the molecule is C=C(C)/C=C/[C@H](O)C[C@@H](C)CCO. The summed E-state index contributed by atoms with van der Waals surface area (Å²) in [6.45, 7) is 7.81. The first-order chi connectivity index (χ1) is 6.06. The first kappa shape index (κ1) is 12.4. The summed E-state index contributed by atoms with van der Waals surface area (Å²) in [6, 6.07) is 0. The third-order valence-electron chi connectivity index (χ3n) is 1.87. The lowest BCUT2D eigenvalue weighted by molar-refractivity contribution is 0.175. The maximum atomic E-state index is 9.49. The molecule has 0 aliphatic carbocycles. The predicted octanol–water partition coefficient (Wildman–Crippen LogP) is 1.89. The highest BCUT2D eigenvalue weighted by Gasteiger charge is 2.06. The Kier molecular flexibility index (Phi) is 6.55. The molecule has 76 valence electrons. The summed E-state index contributed by atoms with van der Waals surface area (Å²) < 4.78 is 0. The molecule has 0 fully saturated rings. The van der Waals surface area contributed by atoms with E-state index in [0.29, 0.717) is 12.3 Å². The van der Waals surface area contributed by atoms with Crippen molar-refractivity contribution in [3.63, 3.8) is 0 Å². The van der Waals surface area contributed by atoms with Crippen molar-refractivity contribution in [1.82, 2.24) is 0 Å². The largest absolute Gasteiger partial charge is 0.396 e. The molecular weight excluding hydrogens is 164 g/mol. The quantitative estimate of drug-likeness (QED) is 0.619. The number of aliphatic hydroxyl groups excluding tert-OH is 2. The van der Waals surface area contributed by atoms with Gasteiger partial charge in [0.25, 0.3) is 0 Å². The number of aliphatic hydroxyl groups is 2. The van der Waals surface area contributed by atoms with Gasteiger partial charge in [-0.3, -0.25) is 0 Å². The highest BCUT2D eigenvalue weighted by Crippen LogP contribution is 2.11. The van der Waals surface area contributed by atoms with E-state index in [1.807, 2.05) is 19.9 Å². The molecule has 0 spiro atoms. The molecule has 2 nitrogen and oxygen atoms in total. The summed E-state index contributed by atoms with van der Waals surface area (Å²) in [7, 11) is 0. The highest BCUT2D eigenvalue weighted by atomic mass is 16.3. The van der Waals surface area contributed by atoms with Crippen LogP contribution in [0.1, 0.15) is 26.7 Å². The molecule has 13 heavy (non-hydrogen) atoms. The van der Waals surface area contributed by atoms with E-state index >= 15 is 0 Å². The Morgan fingerprint density at radius 3 is 2.62 bits per heavy atom. The molecule has 0 rings (SSSR count). The van der Waals surface area contributed by atoms with E-state index in [9.17, 15) is 5.11 Å². The third-order valence-corrected chi connectivity index (χ3v) is 1.87. The normalized spacial score (nSPS) is 16.0. The van der Waals surface area contributed by atoms with Crippen LogP contribution in [0.3, 0.4) is 0 Å². The van der Waals surface area contributed by atoms with E-state index in [-0.39, 0.29) is 6.61 Å². The zero-order valence-electron chi connectivity index (χ0n) is 8.53. The van der Waals surface area contributed by atoms with Crippen molar-refractivity contribution >= 4 is 0 Å². The molecule has 0 aliphatic heterocycles. The number of hydrogen-bond acceptors (Lipinski definition) is 2. The Morgan fingerprint density at radius 2 is 2.15 bits per heavy atom. The zero-order chi connectivity index (χ0) is 10.3. The van der Waals surface area contributed by atoms with E-state index in [0.717, 1.165) is 12.0 Å². The average molecular weight is 184 g/mol. The average Bonchev–Trinajstić information content (AvgIpc) is 2.01. The topological polar surface area (TPSA) is 40.5 Å². The molecule has 0 radical (unpaired) electrons. The third kappa shape index (κ3) is 7.75. The molecule has 2 N–H and O–H groups in total. The lowest BCUT2D eigenvalue weighted by Gasteiger charge is -2.11. The minimum Gasteiger partial charge on any atom is -0.396 e. The summed E-state index contributed by atoms with van der Waals surface area (Å²) in [4.78, 5) is 0. The van der Waals surface area contributed by atoms with Gasteiger partial charge in [0.15, 0.2) is 0 Å². The van der Waals surface area contributed by atoms with Crippen LogP contribution < -0.4 is 0 Å². The van der Waals surface area contributed by atoms with Crippen molar-refractivity contribution in [2.75, 3.05) is 6.61 Å². The van der Waals surface area contributed by atoms with E-state index in [1.165, 1.54) is 0 Å². The first-order valence-corrected chi connectivity index (χ1v) is 4.69. The molecular formula is C11H20O2. The number of hydrogen-bond donors (Lipinski definition) is 2. The highest BCUT2D eigenvalue weighted by molar-refractivity contribution is 5.12. The fraction of sp³-hybridized carbons (Fsp3) is 0.636. The Hall–Kier alpha value is -0.600. The minimum absolute atomic E-state index is 0.193. The van der Waals surface area contributed by atoms with Gasteiger partial charge >= 0.3 is 0 Å². The molecule has 0 saturated heterocycles. The fourth-order valence-corrected chi connectivity index (χ4v) is 1.10. The maximum Gasteiger partial charge on any atom is 0.0726 e. The smallest absolute Gasteiger partial charge is 0.0726 e. The van der Waals surface area contributed by atoms with E-state index in [1.54, 1.807) is 6.08 Å². The van der Waals surface area contributed by atoms with Gasteiger partial charge in [-0.15, -0.1) is 0 Å². The second-order valence-corrected chi connectivity index (χ2v) is 3.63. The minimum atomic E-state index is -0.418. The molecule has 0 unspecified atom stereocenters. The van der Waals surface area contributed by atoms with Crippen LogP contribution in [0.15, 0.2) is 24.3 Å². The Bertz CT molecular complexity index is 173. The number of allylic oxidation sites excluding steroid dienone is 2. The van der Waals surface area contributed by atoms with Crippen molar-refractivity contribution < 1.29 is 10.2 Å². The summed E-state index contributed by atoms with van der Waals surface area (Å²) in [5.41, 5.74) is 0.939. The lowest BCUT2D eigenvalue weighted by Crippen LogP contribution is -2.09. The van der Waals surface area contributed by atoms with Gasteiger partial charge in [-0.05, 0) is 25.7 Å². The van der Waals surface area contributed by atoms with Crippen molar-refractivity contribution in [3.8, 4) is 0 Å². The van der Waals surface area contributed by atoms with E-state index in [4.69, 9.17) is 5.11 Å². The van der Waals surface area contributed by atoms with Crippen LogP contribution in [0.5, 0.6) is 0 Å². The van der Waals surface area contributed by atoms with E-state index in [2.05, 4.69) is 6.58 Å². The van der Waals surface area contributed by atoms with Gasteiger partial charge in [0.1, 0.15) is 0 Å². The van der Waals surface area contributed by atoms with Gasteiger partial charge in [0, 0.05) is 6.61 Å². The zero-order valence-corrected chi connectivity index (χ0v) is 8.53. The standard InChI is InChI=1S/C11H20O2/c1-9(2)4-5-11(13)8-10(3)6-7-12/h4-5,10-13H,1,6-8H2,2-3H3/b5-4+/t10-,11-/m0/s1. The molecule has 2 heteroatoms. The van der Waals surface area contributed by atoms with Gasteiger partial charge in [0.05, 0.1) is 6.10 Å². The van der Waals surface area contributed by atoms with Crippen LogP contribution in [-0.4, -0.2) is 22.9 Å². The molecule has 2 atom stereocenters. The van der Waals surface area contributed by atoms with Crippen molar-refractivity contribution in [2.45, 2.75) is 32.8 Å². The van der Waals surface area contributed by atoms with Crippen molar-refractivity contribution in [2.24, 2.45) is 5.92 Å².